The van der Waals surface area contributed by atoms with Gasteiger partial charge in [0.25, 0.3) is 5.56 Å². The van der Waals surface area contributed by atoms with E-state index in [2.05, 4.69) is 29.0 Å². The third kappa shape index (κ3) is 2.00. The minimum Gasteiger partial charge on any atom is -0.369 e. The summed E-state index contributed by atoms with van der Waals surface area (Å²) in [7, 11) is 0. The lowest BCUT2D eigenvalue weighted by Gasteiger charge is -2.11. The lowest BCUT2D eigenvalue weighted by atomic mass is 9.96. The normalized spacial score (nSPS) is 15.5. The van der Waals surface area contributed by atoms with Crippen LogP contribution in [0, 0.1) is 6.92 Å². The zero-order chi connectivity index (χ0) is 13.6. The van der Waals surface area contributed by atoms with Crippen molar-refractivity contribution in [2.45, 2.75) is 26.7 Å². The molecule has 1 aliphatic rings. The van der Waals surface area contributed by atoms with Gasteiger partial charge in [-0.05, 0) is 37.8 Å². The third-order valence-electron chi connectivity index (χ3n) is 3.47. The second kappa shape index (κ2) is 4.35. The molecule has 1 aliphatic carbocycles. The summed E-state index contributed by atoms with van der Waals surface area (Å²) in [6, 6.07) is 0. The van der Waals surface area contributed by atoms with Crippen LogP contribution in [0.2, 0.25) is 0 Å². The van der Waals surface area contributed by atoms with E-state index in [0.29, 0.717) is 5.39 Å². The Balaban J connectivity index is 2.24. The van der Waals surface area contributed by atoms with Crippen molar-refractivity contribution in [3.05, 3.63) is 38.5 Å². The number of fused-ring (bicyclic) bond motifs is 1. The number of allylic oxidation sites excluding steroid dienone is 4. The molecular formula is C14H15N3OS. The maximum Gasteiger partial charge on any atom is 0.261 e. The van der Waals surface area contributed by atoms with E-state index < -0.39 is 0 Å². The summed E-state index contributed by atoms with van der Waals surface area (Å²) in [4.78, 5) is 20.6. The summed E-state index contributed by atoms with van der Waals surface area (Å²) in [6.45, 7) is 4.12. The first-order valence-electron chi connectivity index (χ1n) is 6.22. The largest absolute Gasteiger partial charge is 0.369 e. The summed E-state index contributed by atoms with van der Waals surface area (Å²) < 4.78 is 0. The fourth-order valence-electron chi connectivity index (χ4n) is 2.40. The number of aromatic amines is 1. The molecule has 19 heavy (non-hydrogen) atoms. The number of rotatable bonds is 1. The Kier molecular flexibility index (Phi) is 2.78. The highest BCUT2D eigenvalue weighted by Gasteiger charge is 2.17. The molecule has 0 spiro atoms. The van der Waals surface area contributed by atoms with Gasteiger partial charge in [0.2, 0.25) is 5.95 Å². The van der Waals surface area contributed by atoms with E-state index in [9.17, 15) is 4.79 Å². The van der Waals surface area contributed by atoms with Gasteiger partial charge in [0, 0.05) is 4.88 Å². The van der Waals surface area contributed by atoms with Gasteiger partial charge < -0.3 is 5.73 Å². The second-order valence-corrected chi connectivity index (χ2v) is 5.89. The fourth-order valence-corrected chi connectivity index (χ4v) is 3.64. The quantitative estimate of drug-likeness (QED) is 0.839. The summed E-state index contributed by atoms with van der Waals surface area (Å²) >= 11 is 1.55. The van der Waals surface area contributed by atoms with Gasteiger partial charge in [-0.1, -0.05) is 17.7 Å². The van der Waals surface area contributed by atoms with Crippen LogP contribution < -0.4 is 11.3 Å². The Morgan fingerprint density at radius 1 is 1.32 bits per heavy atom. The van der Waals surface area contributed by atoms with Gasteiger partial charge in [-0.15, -0.1) is 11.3 Å². The molecule has 4 nitrogen and oxygen atoms in total. The van der Waals surface area contributed by atoms with Crippen LogP contribution in [0.3, 0.4) is 0 Å². The molecule has 0 fully saturated rings. The van der Waals surface area contributed by atoms with E-state index in [-0.39, 0.29) is 11.5 Å². The number of thiophene rings is 1. The van der Waals surface area contributed by atoms with Crippen molar-refractivity contribution in [1.82, 2.24) is 9.97 Å². The van der Waals surface area contributed by atoms with Gasteiger partial charge in [-0.25, -0.2) is 4.98 Å². The van der Waals surface area contributed by atoms with E-state index in [1.165, 1.54) is 11.1 Å². The summed E-state index contributed by atoms with van der Waals surface area (Å²) in [5.41, 5.74) is 9.13. The highest BCUT2D eigenvalue weighted by molar-refractivity contribution is 7.19. The van der Waals surface area contributed by atoms with Crippen LogP contribution in [0.1, 0.15) is 30.2 Å². The number of nitrogens with two attached hydrogens (primary N) is 1. The Labute approximate surface area is 114 Å². The molecule has 98 valence electrons. The van der Waals surface area contributed by atoms with Crippen molar-refractivity contribution in [3.63, 3.8) is 0 Å². The smallest absolute Gasteiger partial charge is 0.261 e. The molecule has 2 aromatic rings. The standard InChI is InChI=1S/C14H15N3OS/c1-7-3-5-9(6-4-7)11-8(2)10-12(18)16-14(15)17-13(10)19-11/h3,5H,4,6H2,1-2H3,(H3,15,16,17,18). The average molecular weight is 273 g/mol. The average Bonchev–Trinajstić information content (AvgIpc) is 2.67. The molecule has 2 aromatic heterocycles. The van der Waals surface area contributed by atoms with Crippen molar-refractivity contribution in [2.75, 3.05) is 5.73 Å². The second-order valence-electron chi connectivity index (χ2n) is 4.89. The lowest BCUT2D eigenvalue weighted by molar-refractivity contribution is 0.979. The molecule has 2 heterocycles. The number of hydrogen-bond donors (Lipinski definition) is 2. The number of aryl methyl sites for hydroxylation is 1. The molecule has 3 rings (SSSR count). The maximum atomic E-state index is 12.0. The Bertz CT molecular complexity index is 780. The van der Waals surface area contributed by atoms with E-state index in [4.69, 9.17) is 5.73 Å². The van der Waals surface area contributed by atoms with Crippen molar-refractivity contribution in [1.29, 1.82) is 0 Å². The first-order valence-corrected chi connectivity index (χ1v) is 7.03. The highest BCUT2D eigenvalue weighted by Crippen LogP contribution is 2.36. The molecule has 0 saturated heterocycles. The SMILES string of the molecule is CC1=CC=C(c2sc3nc(N)[nH]c(=O)c3c2C)CC1. The lowest BCUT2D eigenvalue weighted by Crippen LogP contribution is -2.10. The first kappa shape index (κ1) is 12.2. The predicted octanol–water partition coefficient (Wildman–Crippen LogP) is 3.00. The number of aromatic nitrogens is 2. The molecule has 0 aliphatic heterocycles. The van der Waals surface area contributed by atoms with Crippen molar-refractivity contribution in [3.8, 4) is 0 Å². The van der Waals surface area contributed by atoms with E-state index in [0.717, 1.165) is 28.1 Å². The maximum absolute atomic E-state index is 12.0. The van der Waals surface area contributed by atoms with E-state index in [1.807, 2.05) is 6.92 Å². The molecule has 0 radical (unpaired) electrons. The zero-order valence-electron chi connectivity index (χ0n) is 10.9. The zero-order valence-corrected chi connectivity index (χ0v) is 11.7. The van der Waals surface area contributed by atoms with Crippen LogP contribution in [0.5, 0.6) is 0 Å². The van der Waals surface area contributed by atoms with Gasteiger partial charge >= 0.3 is 0 Å². The van der Waals surface area contributed by atoms with Gasteiger partial charge in [-0.3, -0.25) is 9.78 Å². The molecular weight excluding hydrogens is 258 g/mol. The minimum atomic E-state index is -0.148. The number of nitrogens with zero attached hydrogens (tertiary/aromatic N) is 1. The van der Waals surface area contributed by atoms with Crippen LogP contribution in [0.15, 0.2) is 22.5 Å². The van der Waals surface area contributed by atoms with Gasteiger partial charge in [0.05, 0.1) is 5.39 Å². The molecule has 0 bridgehead atoms. The van der Waals surface area contributed by atoms with Crippen LogP contribution in [0.4, 0.5) is 5.95 Å². The monoisotopic (exact) mass is 273 g/mol. The predicted molar refractivity (Wildman–Crippen MR) is 80.4 cm³/mol. The fraction of sp³-hybridized carbons (Fsp3) is 0.286. The van der Waals surface area contributed by atoms with Crippen molar-refractivity contribution in [2.24, 2.45) is 0 Å². The summed E-state index contributed by atoms with van der Waals surface area (Å²) in [6.07, 6.45) is 6.39. The van der Waals surface area contributed by atoms with E-state index >= 15 is 0 Å². The first-order chi connectivity index (χ1) is 9.06. The molecule has 3 N–H and O–H groups in total. The third-order valence-corrected chi connectivity index (χ3v) is 4.73. The Hall–Kier alpha value is -1.88. The topological polar surface area (TPSA) is 71.8 Å². The number of H-pyrrole nitrogens is 1. The molecule has 0 atom stereocenters. The molecule has 0 amide bonds. The number of nitrogen functional groups attached to an aromatic ring is 1. The van der Waals surface area contributed by atoms with Crippen LogP contribution in [-0.4, -0.2) is 9.97 Å². The number of hydrogen-bond acceptors (Lipinski definition) is 4. The van der Waals surface area contributed by atoms with Gasteiger partial charge in [0.15, 0.2) is 0 Å². The number of nitrogens with one attached hydrogen (secondary N) is 1. The van der Waals surface area contributed by atoms with Crippen LogP contribution in [0.25, 0.3) is 15.8 Å². The number of anilines is 1. The van der Waals surface area contributed by atoms with E-state index in [1.54, 1.807) is 11.3 Å². The van der Waals surface area contributed by atoms with Crippen LogP contribution >= 0.6 is 11.3 Å². The van der Waals surface area contributed by atoms with Crippen molar-refractivity contribution < 1.29 is 0 Å². The van der Waals surface area contributed by atoms with Gasteiger partial charge in [-0.2, -0.15) is 0 Å². The Morgan fingerprint density at radius 3 is 2.79 bits per heavy atom. The highest BCUT2D eigenvalue weighted by atomic mass is 32.1. The van der Waals surface area contributed by atoms with Crippen molar-refractivity contribution >= 4 is 33.1 Å². The molecule has 5 heteroatoms. The van der Waals surface area contributed by atoms with Crippen LogP contribution in [-0.2, 0) is 0 Å². The minimum absolute atomic E-state index is 0.148. The molecule has 0 saturated carbocycles. The molecule has 0 unspecified atom stereocenters. The summed E-state index contributed by atoms with van der Waals surface area (Å²) in [5, 5.41) is 0.668. The Morgan fingerprint density at radius 2 is 2.11 bits per heavy atom. The summed E-state index contributed by atoms with van der Waals surface area (Å²) in [5.74, 6) is 0.179. The van der Waals surface area contributed by atoms with Gasteiger partial charge in [0.1, 0.15) is 4.83 Å². The molecule has 0 aromatic carbocycles.